The second kappa shape index (κ2) is 5.29. The first-order chi connectivity index (χ1) is 6.69. The summed E-state index contributed by atoms with van der Waals surface area (Å²) in [6.07, 6.45) is 0.600. The van der Waals surface area contributed by atoms with E-state index in [0.29, 0.717) is 26.1 Å². The number of carbonyl (C=O) groups is 1. The van der Waals surface area contributed by atoms with Gasteiger partial charge in [-0.05, 0) is 0 Å². The Morgan fingerprint density at radius 2 is 2.29 bits per heavy atom. The SMILES string of the molecule is COCCN1CC(OC)CC1C(=O)O. The van der Waals surface area contributed by atoms with Crippen LogP contribution >= 0.6 is 0 Å². The second-order valence-electron chi connectivity index (χ2n) is 3.44. The minimum absolute atomic E-state index is 0.0351. The predicted octanol–water partition coefficient (Wildman–Crippen LogP) is -0.193. The second-order valence-corrected chi connectivity index (χ2v) is 3.44. The zero-order chi connectivity index (χ0) is 10.6. The molecule has 0 aromatic heterocycles. The van der Waals surface area contributed by atoms with Crippen molar-refractivity contribution in [1.29, 1.82) is 0 Å². The molecule has 1 fully saturated rings. The molecule has 1 saturated heterocycles. The van der Waals surface area contributed by atoms with Gasteiger partial charge in [-0.3, -0.25) is 9.69 Å². The zero-order valence-corrected chi connectivity index (χ0v) is 8.60. The lowest BCUT2D eigenvalue weighted by Crippen LogP contribution is -2.38. The molecule has 0 radical (unpaired) electrons. The number of hydrogen-bond acceptors (Lipinski definition) is 4. The number of hydrogen-bond donors (Lipinski definition) is 1. The van der Waals surface area contributed by atoms with Crippen molar-refractivity contribution in [2.24, 2.45) is 0 Å². The van der Waals surface area contributed by atoms with Crippen LogP contribution in [0.2, 0.25) is 0 Å². The molecule has 0 aromatic carbocycles. The van der Waals surface area contributed by atoms with Gasteiger partial charge in [-0.15, -0.1) is 0 Å². The van der Waals surface area contributed by atoms with E-state index < -0.39 is 12.0 Å². The van der Waals surface area contributed by atoms with Gasteiger partial charge >= 0.3 is 5.97 Å². The van der Waals surface area contributed by atoms with E-state index in [2.05, 4.69) is 0 Å². The van der Waals surface area contributed by atoms with Gasteiger partial charge in [-0.2, -0.15) is 0 Å². The van der Waals surface area contributed by atoms with E-state index in [9.17, 15) is 4.79 Å². The number of nitrogens with zero attached hydrogens (tertiary/aromatic N) is 1. The van der Waals surface area contributed by atoms with Gasteiger partial charge < -0.3 is 14.6 Å². The van der Waals surface area contributed by atoms with E-state index in [0.717, 1.165) is 0 Å². The Labute approximate surface area is 83.6 Å². The molecule has 1 heterocycles. The third-order valence-electron chi connectivity index (χ3n) is 2.57. The van der Waals surface area contributed by atoms with Crippen LogP contribution in [-0.2, 0) is 14.3 Å². The highest BCUT2D eigenvalue weighted by molar-refractivity contribution is 5.74. The molecule has 1 N–H and O–H groups in total. The van der Waals surface area contributed by atoms with Crippen molar-refractivity contribution >= 4 is 5.97 Å². The summed E-state index contributed by atoms with van der Waals surface area (Å²) in [6, 6.07) is -0.421. The van der Waals surface area contributed by atoms with Gasteiger partial charge in [0.2, 0.25) is 0 Å². The summed E-state index contributed by atoms with van der Waals surface area (Å²) in [5, 5.41) is 8.96. The molecule has 0 aliphatic carbocycles. The third-order valence-corrected chi connectivity index (χ3v) is 2.57. The summed E-state index contributed by atoms with van der Waals surface area (Å²) in [5.41, 5.74) is 0. The molecule has 2 unspecified atom stereocenters. The van der Waals surface area contributed by atoms with Crippen LogP contribution in [0.5, 0.6) is 0 Å². The quantitative estimate of drug-likeness (QED) is 0.671. The monoisotopic (exact) mass is 203 g/mol. The first-order valence-corrected chi connectivity index (χ1v) is 4.67. The van der Waals surface area contributed by atoms with Gasteiger partial charge in [-0.25, -0.2) is 0 Å². The molecule has 5 heteroatoms. The molecular formula is C9H17NO4. The third kappa shape index (κ3) is 2.67. The van der Waals surface area contributed by atoms with E-state index in [4.69, 9.17) is 14.6 Å². The van der Waals surface area contributed by atoms with Crippen LogP contribution in [0.3, 0.4) is 0 Å². The minimum Gasteiger partial charge on any atom is -0.480 e. The maximum atomic E-state index is 10.9. The number of methoxy groups -OCH3 is 2. The first-order valence-electron chi connectivity index (χ1n) is 4.67. The molecule has 2 atom stereocenters. The number of aliphatic carboxylic acids is 1. The fourth-order valence-corrected chi connectivity index (χ4v) is 1.74. The van der Waals surface area contributed by atoms with Crippen molar-refractivity contribution in [3.05, 3.63) is 0 Å². The standard InChI is InChI=1S/C9H17NO4/c1-13-4-3-10-6-7(14-2)5-8(10)9(11)12/h7-8H,3-6H2,1-2H3,(H,11,12). The van der Waals surface area contributed by atoms with Gasteiger partial charge in [-0.1, -0.05) is 0 Å². The molecule has 1 rings (SSSR count). The number of ether oxygens (including phenoxy) is 2. The smallest absolute Gasteiger partial charge is 0.321 e. The Bertz CT molecular complexity index is 197. The average molecular weight is 203 g/mol. The van der Waals surface area contributed by atoms with Crippen molar-refractivity contribution in [2.45, 2.75) is 18.6 Å². The van der Waals surface area contributed by atoms with Crippen molar-refractivity contribution in [2.75, 3.05) is 33.9 Å². The summed E-state index contributed by atoms with van der Waals surface area (Å²) in [6.45, 7) is 1.88. The number of rotatable bonds is 5. The molecular weight excluding hydrogens is 186 g/mol. The fourth-order valence-electron chi connectivity index (χ4n) is 1.74. The summed E-state index contributed by atoms with van der Waals surface area (Å²) >= 11 is 0. The largest absolute Gasteiger partial charge is 0.480 e. The summed E-state index contributed by atoms with van der Waals surface area (Å²) in [4.78, 5) is 12.8. The van der Waals surface area contributed by atoms with E-state index >= 15 is 0 Å². The molecule has 1 aliphatic heterocycles. The first kappa shape index (κ1) is 11.4. The topological polar surface area (TPSA) is 59.0 Å². The number of carboxylic acids is 1. The van der Waals surface area contributed by atoms with Gasteiger partial charge in [0.15, 0.2) is 0 Å². The molecule has 82 valence electrons. The molecule has 1 aliphatic rings. The van der Waals surface area contributed by atoms with Gasteiger partial charge in [0, 0.05) is 33.7 Å². The summed E-state index contributed by atoms with van der Waals surface area (Å²) in [5.74, 6) is -0.777. The Hall–Kier alpha value is -0.650. The highest BCUT2D eigenvalue weighted by atomic mass is 16.5. The van der Waals surface area contributed by atoms with Crippen LogP contribution in [0.1, 0.15) is 6.42 Å². The average Bonchev–Trinajstić information content (AvgIpc) is 2.58. The van der Waals surface area contributed by atoms with Crippen LogP contribution in [0, 0.1) is 0 Å². The van der Waals surface area contributed by atoms with Gasteiger partial charge in [0.1, 0.15) is 6.04 Å². The molecule has 0 spiro atoms. The van der Waals surface area contributed by atoms with Crippen molar-refractivity contribution in [1.82, 2.24) is 4.90 Å². The van der Waals surface area contributed by atoms with Crippen molar-refractivity contribution in [3.63, 3.8) is 0 Å². The Morgan fingerprint density at radius 3 is 2.79 bits per heavy atom. The van der Waals surface area contributed by atoms with E-state index in [1.807, 2.05) is 4.90 Å². The summed E-state index contributed by atoms with van der Waals surface area (Å²) < 4.78 is 10.1. The zero-order valence-electron chi connectivity index (χ0n) is 8.60. The normalized spacial score (nSPS) is 28.1. The predicted molar refractivity (Wildman–Crippen MR) is 50.3 cm³/mol. The van der Waals surface area contributed by atoms with Crippen LogP contribution in [0.25, 0.3) is 0 Å². The lowest BCUT2D eigenvalue weighted by molar-refractivity contribution is -0.142. The molecule has 14 heavy (non-hydrogen) atoms. The molecule has 5 nitrogen and oxygen atoms in total. The van der Waals surface area contributed by atoms with E-state index in [-0.39, 0.29) is 6.10 Å². The Balaban J connectivity index is 2.48. The van der Waals surface area contributed by atoms with Crippen LogP contribution in [0.15, 0.2) is 0 Å². The number of carboxylic acid groups (broad SMARTS) is 1. The Kier molecular flexibility index (Phi) is 4.31. The lowest BCUT2D eigenvalue weighted by Gasteiger charge is -2.19. The van der Waals surface area contributed by atoms with Crippen molar-refractivity contribution < 1.29 is 19.4 Å². The van der Waals surface area contributed by atoms with Gasteiger partial charge in [0.25, 0.3) is 0 Å². The van der Waals surface area contributed by atoms with Crippen molar-refractivity contribution in [3.8, 4) is 0 Å². The maximum Gasteiger partial charge on any atom is 0.321 e. The fraction of sp³-hybridized carbons (Fsp3) is 0.889. The molecule has 0 saturated carbocycles. The minimum atomic E-state index is -0.777. The van der Waals surface area contributed by atoms with E-state index in [1.165, 1.54) is 0 Å². The van der Waals surface area contributed by atoms with Crippen LogP contribution in [0.4, 0.5) is 0 Å². The maximum absolute atomic E-state index is 10.9. The van der Waals surface area contributed by atoms with Gasteiger partial charge in [0.05, 0.1) is 12.7 Å². The highest BCUT2D eigenvalue weighted by Crippen LogP contribution is 2.19. The molecule has 0 amide bonds. The highest BCUT2D eigenvalue weighted by Gasteiger charge is 2.36. The Morgan fingerprint density at radius 1 is 1.57 bits per heavy atom. The summed E-state index contributed by atoms with van der Waals surface area (Å²) in [7, 11) is 3.23. The van der Waals surface area contributed by atoms with Crippen LogP contribution in [-0.4, -0.2) is 62.0 Å². The lowest BCUT2D eigenvalue weighted by atomic mass is 10.2. The number of likely N-dealkylation sites (tertiary alicyclic amines) is 1. The van der Waals surface area contributed by atoms with Crippen LogP contribution < -0.4 is 0 Å². The van der Waals surface area contributed by atoms with E-state index in [1.54, 1.807) is 14.2 Å². The molecule has 0 aromatic rings. The molecule has 0 bridgehead atoms.